The lowest BCUT2D eigenvalue weighted by Crippen LogP contribution is -2.14. The number of aromatic hydroxyl groups is 1. The fourth-order valence-corrected chi connectivity index (χ4v) is 2.46. The number of aromatic nitrogens is 3. The number of ether oxygens (including phenoxy) is 1. The normalized spacial score (nSPS) is 11.5. The van der Waals surface area contributed by atoms with Gasteiger partial charge in [-0.25, -0.2) is 0 Å². The fraction of sp³-hybridized carbons (Fsp3) is 0.222. The average molecular weight is 363 g/mol. The number of phenols is 1. The van der Waals surface area contributed by atoms with Gasteiger partial charge in [0.2, 0.25) is 0 Å². The molecule has 0 amide bonds. The van der Waals surface area contributed by atoms with E-state index in [9.17, 15) is 18.3 Å². The number of halogens is 3. The van der Waals surface area contributed by atoms with Gasteiger partial charge in [-0.2, -0.15) is 18.3 Å². The highest BCUT2D eigenvalue weighted by molar-refractivity contribution is 5.58. The van der Waals surface area contributed by atoms with Crippen LogP contribution >= 0.6 is 0 Å². The van der Waals surface area contributed by atoms with Gasteiger partial charge in [0.05, 0.1) is 24.4 Å². The molecule has 3 aromatic rings. The van der Waals surface area contributed by atoms with Crippen molar-refractivity contribution < 1.29 is 23.0 Å². The van der Waals surface area contributed by atoms with E-state index in [0.717, 1.165) is 0 Å². The van der Waals surface area contributed by atoms with Crippen LogP contribution in [0.2, 0.25) is 0 Å². The lowest BCUT2D eigenvalue weighted by Gasteiger charge is -2.13. The van der Waals surface area contributed by atoms with E-state index in [4.69, 9.17) is 4.74 Å². The van der Waals surface area contributed by atoms with Gasteiger partial charge in [0.15, 0.2) is 0 Å². The van der Waals surface area contributed by atoms with Crippen LogP contribution in [-0.4, -0.2) is 26.0 Å². The molecular weight excluding hydrogens is 347 g/mol. The summed E-state index contributed by atoms with van der Waals surface area (Å²) in [5, 5.41) is 13.4. The van der Waals surface area contributed by atoms with Crippen LogP contribution in [0.1, 0.15) is 12.0 Å². The van der Waals surface area contributed by atoms with E-state index in [1.807, 2.05) is 0 Å². The molecule has 3 rings (SSSR count). The molecule has 0 bridgehead atoms. The molecule has 0 aliphatic carbocycles. The molecule has 0 aliphatic heterocycles. The summed E-state index contributed by atoms with van der Waals surface area (Å²) >= 11 is 0. The van der Waals surface area contributed by atoms with Crippen molar-refractivity contribution in [3.63, 3.8) is 0 Å². The van der Waals surface area contributed by atoms with E-state index in [1.54, 1.807) is 36.5 Å². The minimum atomic E-state index is -4.26. The first-order valence-corrected chi connectivity index (χ1v) is 7.87. The Labute approximate surface area is 147 Å². The zero-order chi connectivity index (χ0) is 18.6. The Balaban J connectivity index is 1.80. The van der Waals surface area contributed by atoms with Gasteiger partial charge in [0, 0.05) is 24.0 Å². The molecular formula is C18H16F3N3O2. The Morgan fingerprint density at radius 1 is 1.08 bits per heavy atom. The molecule has 0 aliphatic rings. The molecule has 0 atom stereocenters. The van der Waals surface area contributed by atoms with Crippen LogP contribution in [0.3, 0.4) is 0 Å². The number of hydrogen-bond acceptors (Lipinski definition) is 4. The molecule has 1 N–H and O–H groups in total. The van der Waals surface area contributed by atoms with Crippen molar-refractivity contribution in [1.29, 1.82) is 0 Å². The van der Waals surface area contributed by atoms with Gasteiger partial charge in [-0.05, 0) is 24.3 Å². The summed E-state index contributed by atoms with van der Waals surface area (Å²) in [6, 6.07) is 11.5. The number of pyridine rings is 1. The first-order valence-electron chi connectivity index (χ1n) is 7.87. The molecule has 2 heterocycles. The molecule has 0 saturated carbocycles. The van der Waals surface area contributed by atoms with E-state index >= 15 is 0 Å². The first-order chi connectivity index (χ1) is 12.4. The van der Waals surface area contributed by atoms with Crippen LogP contribution < -0.4 is 4.74 Å². The number of alkyl halides is 3. The third kappa shape index (κ3) is 4.53. The number of hydrogen-bond donors (Lipinski definition) is 1. The predicted octanol–water partition coefficient (Wildman–Crippen LogP) is 4.18. The lowest BCUT2D eigenvalue weighted by atomic mass is 10.1. The van der Waals surface area contributed by atoms with Gasteiger partial charge < -0.3 is 9.84 Å². The van der Waals surface area contributed by atoms with Gasteiger partial charge in [-0.1, -0.05) is 12.1 Å². The standard InChI is InChI=1S/C18H16F3N3O2/c19-18(20,21)7-10-24-16(6-9-23-24)17-13(3-2-8-22-17)12-26-15-5-1-4-14(25)11-15/h1-6,8-9,11,25H,7,10,12H2. The van der Waals surface area contributed by atoms with Crippen molar-refractivity contribution in [3.05, 3.63) is 60.4 Å². The monoisotopic (exact) mass is 363 g/mol. The Bertz CT molecular complexity index is 878. The molecule has 5 nitrogen and oxygen atoms in total. The van der Waals surface area contributed by atoms with Gasteiger partial charge >= 0.3 is 6.18 Å². The highest BCUT2D eigenvalue weighted by Gasteiger charge is 2.27. The third-order valence-electron chi connectivity index (χ3n) is 3.67. The molecule has 1 aromatic carbocycles. The van der Waals surface area contributed by atoms with Crippen LogP contribution in [-0.2, 0) is 13.2 Å². The summed E-state index contributed by atoms with van der Waals surface area (Å²) in [5.74, 6) is 0.560. The summed E-state index contributed by atoms with van der Waals surface area (Å²) in [4.78, 5) is 4.28. The molecule has 0 spiro atoms. The van der Waals surface area contributed by atoms with Gasteiger partial charge in [-0.3, -0.25) is 9.67 Å². The number of nitrogens with zero attached hydrogens (tertiary/aromatic N) is 3. The first kappa shape index (κ1) is 17.8. The smallest absolute Gasteiger partial charge is 0.390 e. The maximum Gasteiger partial charge on any atom is 0.390 e. The van der Waals surface area contributed by atoms with Crippen molar-refractivity contribution in [3.8, 4) is 22.9 Å². The van der Waals surface area contributed by atoms with Gasteiger partial charge in [0.25, 0.3) is 0 Å². The quantitative estimate of drug-likeness (QED) is 0.714. The number of rotatable bonds is 6. The topological polar surface area (TPSA) is 60.2 Å². The average Bonchev–Trinajstić information content (AvgIpc) is 3.06. The lowest BCUT2D eigenvalue weighted by molar-refractivity contribution is -0.137. The Morgan fingerprint density at radius 2 is 1.92 bits per heavy atom. The summed E-state index contributed by atoms with van der Waals surface area (Å²) in [6.45, 7) is -0.133. The molecule has 0 unspecified atom stereocenters. The minimum absolute atomic E-state index is 0.0825. The van der Waals surface area contributed by atoms with E-state index in [0.29, 0.717) is 22.7 Å². The van der Waals surface area contributed by atoms with E-state index in [2.05, 4.69) is 10.1 Å². The Morgan fingerprint density at radius 3 is 2.69 bits per heavy atom. The molecule has 8 heteroatoms. The second kappa shape index (κ2) is 7.47. The second-order valence-corrected chi connectivity index (χ2v) is 5.60. The summed E-state index contributed by atoms with van der Waals surface area (Å²) in [7, 11) is 0. The van der Waals surface area contributed by atoms with Crippen LogP contribution in [0, 0.1) is 0 Å². The molecule has 0 saturated heterocycles. The molecule has 0 fully saturated rings. The zero-order valence-electron chi connectivity index (χ0n) is 13.6. The van der Waals surface area contributed by atoms with Crippen LogP contribution in [0.15, 0.2) is 54.9 Å². The molecule has 26 heavy (non-hydrogen) atoms. The van der Waals surface area contributed by atoms with Crippen molar-refractivity contribution >= 4 is 0 Å². The van der Waals surface area contributed by atoms with Crippen LogP contribution in [0.5, 0.6) is 11.5 Å². The summed E-state index contributed by atoms with van der Waals surface area (Å²) in [5.41, 5.74) is 1.70. The SMILES string of the molecule is Oc1cccc(OCc2cccnc2-c2ccnn2CCC(F)(F)F)c1. The summed E-state index contributed by atoms with van der Waals surface area (Å²) < 4.78 is 44.5. The predicted molar refractivity (Wildman–Crippen MR) is 88.6 cm³/mol. The van der Waals surface area contributed by atoms with E-state index in [-0.39, 0.29) is 18.9 Å². The summed E-state index contributed by atoms with van der Waals surface area (Å²) in [6.07, 6.45) is -2.22. The molecule has 2 aromatic heterocycles. The number of benzene rings is 1. The van der Waals surface area contributed by atoms with Crippen LogP contribution in [0.4, 0.5) is 13.2 Å². The van der Waals surface area contributed by atoms with E-state index < -0.39 is 12.6 Å². The van der Waals surface area contributed by atoms with E-state index in [1.165, 1.54) is 23.0 Å². The highest BCUT2D eigenvalue weighted by Crippen LogP contribution is 2.26. The second-order valence-electron chi connectivity index (χ2n) is 5.60. The van der Waals surface area contributed by atoms with Crippen LogP contribution in [0.25, 0.3) is 11.4 Å². The minimum Gasteiger partial charge on any atom is -0.508 e. The zero-order valence-corrected chi connectivity index (χ0v) is 13.6. The largest absolute Gasteiger partial charge is 0.508 e. The number of phenolic OH excluding ortho intramolecular Hbond substituents is 1. The van der Waals surface area contributed by atoms with Crippen molar-refractivity contribution in [2.24, 2.45) is 0 Å². The Kier molecular flexibility index (Phi) is 5.11. The fourth-order valence-electron chi connectivity index (χ4n) is 2.46. The Hall–Kier alpha value is -3.03. The third-order valence-corrected chi connectivity index (χ3v) is 3.67. The van der Waals surface area contributed by atoms with Gasteiger partial charge in [-0.15, -0.1) is 0 Å². The maximum absolute atomic E-state index is 12.5. The highest BCUT2D eigenvalue weighted by atomic mass is 19.4. The molecule has 0 radical (unpaired) electrons. The maximum atomic E-state index is 12.5. The number of aryl methyl sites for hydroxylation is 1. The van der Waals surface area contributed by atoms with Gasteiger partial charge in [0.1, 0.15) is 18.1 Å². The van der Waals surface area contributed by atoms with Crippen molar-refractivity contribution in [1.82, 2.24) is 14.8 Å². The van der Waals surface area contributed by atoms with Crippen molar-refractivity contribution in [2.75, 3.05) is 0 Å². The van der Waals surface area contributed by atoms with Crippen molar-refractivity contribution in [2.45, 2.75) is 25.7 Å². The molecule has 136 valence electrons.